The van der Waals surface area contributed by atoms with Gasteiger partial charge in [-0.15, -0.1) is 0 Å². The lowest BCUT2D eigenvalue weighted by Gasteiger charge is -2.25. The van der Waals surface area contributed by atoms with Crippen LogP contribution in [0.2, 0.25) is 5.02 Å². The molecule has 0 radical (unpaired) electrons. The molecule has 0 atom stereocenters. The van der Waals surface area contributed by atoms with Gasteiger partial charge in [-0.25, -0.2) is 9.18 Å². The highest BCUT2D eigenvalue weighted by Gasteiger charge is 2.42. The van der Waals surface area contributed by atoms with Crippen LogP contribution < -0.4 is 5.32 Å². The molecule has 0 saturated heterocycles. The van der Waals surface area contributed by atoms with E-state index >= 15 is 0 Å². The van der Waals surface area contributed by atoms with Crippen LogP contribution in [0.3, 0.4) is 0 Å². The number of carboxylic acids is 1. The highest BCUT2D eigenvalue weighted by atomic mass is 35.5. The average molecular weight is 286 g/mol. The molecule has 1 fully saturated rings. The Bertz CT molecular complexity index is 527. The molecule has 2 rings (SSSR count). The number of rotatable bonds is 3. The van der Waals surface area contributed by atoms with Crippen LogP contribution >= 0.6 is 11.6 Å². The Morgan fingerprint density at radius 1 is 1.32 bits per heavy atom. The van der Waals surface area contributed by atoms with Gasteiger partial charge >= 0.3 is 5.97 Å². The third kappa shape index (κ3) is 2.56. The maximum atomic E-state index is 13.3. The van der Waals surface area contributed by atoms with E-state index in [9.17, 15) is 19.1 Å². The van der Waals surface area contributed by atoms with Gasteiger partial charge in [0, 0.05) is 0 Å². The first-order valence-corrected chi connectivity index (χ1v) is 6.34. The van der Waals surface area contributed by atoms with Gasteiger partial charge in [-0.1, -0.05) is 30.5 Å². The van der Waals surface area contributed by atoms with Crippen LogP contribution in [0.5, 0.6) is 0 Å². The first kappa shape index (κ1) is 13.8. The van der Waals surface area contributed by atoms with Gasteiger partial charge in [0.2, 0.25) is 0 Å². The highest BCUT2D eigenvalue weighted by molar-refractivity contribution is 6.34. The minimum absolute atomic E-state index is 0.0470. The zero-order chi connectivity index (χ0) is 14.0. The number of hydrogen-bond donors (Lipinski definition) is 2. The van der Waals surface area contributed by atoms with E-state index in [-0.39, 0.29) is 10.6 Å². The van der Waals surface area contributed by atoms with Crippen molar-refractivity contribution in [1.29, 1.82) is 0 Å². The van der Waals surface area contributed by atoms with Crippen molar-refractivity contribution < 1.29 is 19.1 Å². The maximum absolute atomic E-state index is 13.3. The predicted molar refractivity (Wildman–Crippen MR) is 67.7 cm³/mol. The summed E-state index contributed by atoms with van der Waals surface area (Å²) in [4.78, 5) is 23.4. The summed E-state index contributed by atoms with van der Waals surface area (Å²) in [5.74, 6) is -2.43. The lowest BCUT2D eigenvalue weighted by molar-refractivity contribution is -0.144. The molecule has 0 aromatic heterocycles. The Morgan fingerprint density at radius 3 is 2.53 bits per heavy atom. The van der Waals surface area contributed by atoms with E-state index in [1.54, 1.807) is 0 Å². The summed E-state index contributed by atoms with van der Waals surface area (Å²) < 4.78 is 13.3. The van der Waals surface area contributed by atoms with Gasteiger partial charge in [0.05, 0.1) is 10.6 Å². The normalized spacial score (nSPS) is 17.2. The molecule has 102 valence electrons. The van der Waals surface area contributed by atoms with Crippen LogP contribution in [0.4, 0.5) is 4.39 Å². The molecule has 1 amide bonds. The molecule has 0 aliphatic heterocycles. The Morgan fingerprint density at radius 2 is 1.95 bits per heavy atom. The fraction of sp³-hybridized carbons (Fsp3) is 0.385. The minimum Gasteiger partial charge on any atom is -0.480 e. The van der Waals surface area contributed by atoms with Crippen molar-refractivity contribution in [2.75, 3.05) is 0 Å². The van der Waals surface area contributed by atoms with Crippen molar-refractivity contribution in [3.8, 4) is 0 Å². The summed E-state index contributed by atoms with van der Waals surface area (Å²) in [6, 6.07) is 3.87. The van der Waals surface area contributed by atoms with Crippen LogP contribution in [-0.2, 0) is 4.79 Å². The number of carboxylic acid groups (broad SMARTS) is 1. The number of aliphatic carboxylic acids is 1. The summed E-state index contributed by atoms with van der Waals surface area (Å²) in [6.07, 6.45) is 2.23. The van der Waals surface area contributed by atoms with Crippen molar-refractivity contribution in [3.05, 3.63) is 34.6 Å². The van der Waals surface area contributed by atoms with Gasteiger partial charge < -0.3 is 10.4 Å². The number of hydrogen-bond acceptors (Lipinski definition) is 2. The van der Waals surface area contributed by atoms with Crippen molar-refractivity contribution in [3.63, 3.8) is 0 Å². The molecule has 2 N–H and O–H groups in total. The standard InChI is InChI=1S/C13H13ClFNO3/c14-10-8(4-3-5-9(10)15)11(17)16-13(12(18)19)6-1-2-7-13/h3-5H,1-2,6-7H2,(H,16,17)(H,18,19). The Hall–Kier alpha value is -1.62. The number of nitrogens with one attached hydrogen (secondary N) is 1. The van der Waals surface area contributed by atoms with Crippen molar-refractivity contribution in [2.45, 2.75) is 31.2 Å². The molecule has 1 aliphatic rings. The lowest BCUT2D eigenvalue weighted by Crippen LogP contribution is -2.52. The second-order valence-corrected chi connectivity index (χ2v) is 5.03. The Labute approximate surface area is 114 Å². The molecule has 1 aromatic rings. The van der Waals surface area contributed by atoms with Crippen LogP contribution in [-0.4, -0.2) is 22.5 Å². The smallest absolute Gasteiger partial charge is 0.329 e. The molecule has 6 heteroatoms. The van der Waals surface area contributed by atoms with Gasteiger partial charge in [0.25, 0.3) is 5.91 Å². The maximum Gasteiger partial charge on any atom is 0.329 e. The monoisotopic (exact) mass is 285 g/mol. The summed E-state index contributed by atoms with van der Waals surface area (Å²) in [5.41, 5.74) is -1.30. The quantitative estimate of drug-likeness (QED) is 0.897. The number of carbonyl (C=O) groups is 2. The molecular weight excluding hydrogens is 273 g/mol. The molecule has 0 spiro atoms. The number of amides is 1. The van der Waals surface area contributed by atoms with Crippen LogP contribution in [0.15, 0.2) is 18.2 Å². The average Bonchev–Trinajstić information content (AvgIpc) is 2.82. The number of halogens is 2. The zero-order valence-corrected chi connectivity index (χ0v) is 10.8. The topological polar surface area (TPSA) is 66.4 Å². The first-order valence-electron chi connectivity index (χ1n) is 5.96. The van der Waals surface area contributed by atoms with E-state index in [4.69, 9.17) is 11.6 Å². The second-order valence-electron chi connectivity index (χ2n) is 4.65. The highest BCUT2D eigenvalue weighted by Crippen LogP contribution is 2.31. The van der Waals surface area contributed by atoms with Crippen molar-refractivity contribution in [2.24, 2.45) is 0 Å². The lowest BCUT2D eigenvalue weighted by atomic mass is 9.97. The van der Waals surface area contributed by atoms with Gasteiger partial charge in [0.1, 0.15) is 11.4 Å². The fourth-order valence-electron chi connectivity index (χ4n) is 2.33. The van der Waals surface area contributed by atoms with Crippen LogP contribution in [0, 0.1) is 5.82 Å². The Kier molecular flexibility index (Phi) is 3.75. The zero-order valence-electron chi connectivity index (χ0n) is 10.1. The van der Waals surface area contributed by atoms with E-state index in [1.165, 1.54) is 12.1 Å². The van der Waals surface area contributed by atoms with E-state index in [0.717, 1.165) is 18.9 Å². The van der Waals surface area contributed by atoms with E-state index < -0.39 is 23.2 Å². The van der Waals surface area contributed by atoms with Gasteiger partial charge in [-0.2, -0.15) is 0 Å². The summed E-state index contributed by atoms with van der Waals surface area (Å²) in [7, 11) is 0. The van der Waals surface area contributed by atoms with E-state index in [0.29, 0.717) is 12.8 Å². The van der Waals surface area contributed by atoms with Crippen LogP contribution in [0.1, 0.15) is 36.0 Å². The molecule has 1 aromatic carbocycles. The third-order valence-electron chi connectivity index (χ3n) is 3.42. The van der Waals surface area contributed by atoms with E-state index in [1.807, 2.05) is 0 Å². The molecule has 1 aliphatic carbocycles. The largest absolute Gasteiger partial charge is 0.480 e. The molecular formula is C13H13ClFNO3. The molecule has 19 heavy (non-hydrogen) atoms. The number of carbonyl (C=O) groups excluding carboxylic acids is 1. The third-order valence-corrected chi connectivity index (χ3v) is 3.80. The number of benzene rings is 1. The second kappa shape index (κ2) is 5.17. The van der Waals surface area contributed by atoms with Crippen LogP contribution in [0.25, 0.3) is 0 Å². The minimum atomic E-state index is -1.26. The summed E-state index contributed by atoms with van der Waals surface area (Å²) in [5, 5.41) is 11.5. The van der Waals surface area contributed by atoms with E-state index in [2.05, 4.69) is 5.32 Å². The van der Waals surface area contributed by atoms with Gasteiger partial charge in [-0.05, 0) is 25.0 Å². The molecule has 4 nitrogen and oxygen atoms in total. The SMILES string of the molecule is O=C(NC1(C(=O)O)CCCC1)c1cccc(F)c1Cl. The fourth-order valence-corrected chi connectivity index (χ4v) is 2.55. The molecule has 0 unspecified atom stereocenters. The molecule has 1 saturated carbocycles. The predicted octanol–water partition coefficient (Wildman–Crippen LogP) is 2.61. The van der Waals surface area contributed by atoms with Gasteiger partial charge in [0.15, 0.2) is 0 Å². The molecule has 0 heterocycles. The van der Waals surface area contributed by atoms with Gasteiger partial charge in [-0.3, -0.25) is 4.79 Å². The summed E-state index contributed by atoms with van der Waals surface area (Å²) >= 11 is 5.72. The van der Waals surface area contributed by atoms with Crippen molar-refractivity contribution in [1.82, 2.24) is 5.32 Å². The summed E-state index contributed by atoms with van der Waals surface area (Å²) in [6.45, 7) is 0. The molecule has 0 bridgehead atoms. The first-order chi connectivity index (χ1) is 8.96. The Balaban J connectivity index is 2.25. The van der Waals surface area contributed by atoms with Crippen molar-refractivity contribution >= 4 is 23.5 Å².